The molecule has 2 heterocycles. The van der Waals surface area contributed by atoms with Crippen LogP contribution in [0.15, 0.2) is 52.4 Å². The number of amidine groups is 1. The Balaban J connectivity index is 1.54. The number of likely N-dealkylation sites (N-methyl/N-ethyl adjacent to an activating group) is 1. The monoisotopic (exact) mass is 489 g/mol. The molecule has 0 atom stereocenters. The third-order valence-corrected chi connectivity index (χ3v) is 6.88. The van der Waals surface area contributed by atoms with Crippen molar-refractivity contribution in [2.75, 3.05) is 37.7 Å². The van der Waals surface area contributed by atoms with Gasteiger partial charge in [-0.2, -0.15) is 0 Å². The van der Waals surface area contributed by atoms with E-state index in [0.717, 1.165) is 24.3 Å². The van der Waals surface area contributed by atoms with Crippen molar-refractivity contribution in [1.82, 2.24) is 4.90 Å². The Bertz CT molecular complexity index is 1150. The fraction of sp³-hybridized carbons (Fsp3) is 0.357. The van der Waals surface area contributed by atoms with E-state index in [-0.39, 0.29) is 12.5 Å². The number of benzene rings is 2. The number of carbonyl (C=O) groups is 1. The van der Waals surface area contributed by atoms with Crippen molar-refractivity contribution in [1.29, 1.82) is 0 Å². The Morgan fingerprint density at radius 3 is 2.51 bits per heavy atom. The largest absolute Gasteiger partial charge is 0.490 e. The molecule has 2 saturated heterocycles. The maximum Gasteiger partial charge on any atom is 0.266 e. The second-order valence-corrected chi connectivity index (χ2v) is 9.26. The van der Waals surface area contributed by atoms with E-state index in [1.165, 1.54) is 36.7 Å². The van der Waals surface area contributed by atoms with Crippen LogP contribution in [0.3, 0.4) is 0 Å². The summed E-state index contributed by atoms with van der Waals surface area (Å²) < 4.78 is 11.3. The first kappa shape index (κ1) is 24.7. The summed E-state index contributed by atoms with van der Waals surface area (Å²) in [5.74, 6) is 3.60. The fourth-order valence-corrected chi connectivity index (χ4v) is 5.21. The van der Waals surface area contributed by atoms with E-state index in [1.807, 2.05) is 50.3 Å². The Kier molecular flexibility index (Phi) is 8.38. The molecule has 0 saturated carbocycles. The van der Waals surface area contributed by atoms with Crippen LogP contribution in [-0.4, -0.2) is 48.8 Å². The molecule has 0 bridgehead atoms. The number of ether oxygens (including phenoxy) is 2. The predicted molar refractivity (Wildman–Crippen MR) is 144 cm³/mol. The van der Waals surface area contributed by atoms with Crippen molar-refractivity contribution < 1.29 is 14.3 Å². The van der Waals surface area contributed by atoms with Crippen LogP contribution in [-0.2, 0) is 4.79 Å². The van der Waals surface area contributed by atoms with E-state index < -0.39 is 0 Å². The standard InChI is InChI=1S/C28H31N3O3S/c1-4-18-34-24-15-10-21(19-25(24)33-6-3)20-26-27(32)31(5-2)28(35-26)29-22-11-13-23(14-12-22)30-16-8-7-9-17-30/h1,10-15,19-20H,5-9,16-18H2,2-3H3. The second-order valence-electron chi connectivity index (χ2n) is 8.25. The molecule has 7 heteroatoms. The first-order chi connectivity index (χ1) is 17.1. The number of nitrogens with zero attached hydrogens (tertiary/aromatic N) is 3. The van der Waals surface area contributed by atoms with Gasteiger partial charge in [0.2, 0.25) is 0 Å². The van der Waals surface area contributed by atoms with Crippen LogP contribution >= 0.6 is 11.8 Å². The zero-order valence-corrected chi connectivity index (χ0v) is 21.1. The number of hydrogen-bond donors (Lipinski definition) is 0. The fourth-order valence-electron chi connectivity index (χ4n) is 4.14. The highest BCUT2D eigenvalue weighted by atomic mass is 32.2. The van der Waals surface area contributed by atoms with E-state index in [1.54, 1.807) is 4.90 Å². The van der Waals surface area contributed by atoms with E-state index in [4.69, 9.17) is 20.9 Å². The van der Waals surface area contributed by atoms with Crippen LogP contribution in [0.4, 0.5) is 11.4 Å². The number of amides is 1. The average molecular weight is 490 g/mol. The SMILES string of the molecule is C#CCOc1ccc(C=C2SC(=Nc3ccc(N4CCCCC4)cc3)N(CC)C2=O)cc1OCC. The zero-order chi connectivity index (χ0) is 24.6. The Labute approximate surface area is 212 Å². The van der Waals surface area contributed by atoms with Crippen molar-refractivity contribution in [3.63, 3.8) is 0 Å². The van der Waals surface area contributed by atoms with Crippen LogP contribution in [0, 0.1) is 12.3 Å². The van der Waals surface area contributed by atoms with Gasteiger partial charge in [0.1, 0.15) is 6.61 Å². The van der Waals surface area contributed by atoms with Crippen molar-refractivity contribution in [2.24, 2.45) is 4.99 Å². The maximum atomic E-state index is 13.1. The summed E-state index contributed by atoms with van der Waals surface area (Å²) in [6.45, 7) is 7.30. The molecule has 35 heavy (non-hydrogen) atoms. The molecule has 0 aromatic heterocycles. The summed E-state index contributed by atoms with van der Waals surface area (Å²) in [5, 5.41) is 0.688. The number of rotatable bonds is 8. The topological polar surface area (TPSA) is 54.4 Å². The van der Waals surface area contributed by atoms with Gasteiger partial charge in [0, 0.05) is 25.3 Å². The first-order valence-electron chi connectivity index (χ1n) is 12.1. The second kappa shape index (κ2) is 11.9. The van der Waals surface area contributed by atoms with E-state index in [0.29, 0.717) is 34.7 Å². The lowest BCUT2D eigenvalue weighted by atomic mass is 10.1. The molecule has 0 aliphatic carbocycles. The van der Waals surface area contributed by atoms with E-state index in [9.17, 15) is 4.79 Å². The molecule has 4 rings (SSSR count). The summed E-state index contributed by atoms with van der Waals surface area (Å²) in [4.78, 5) is 22.6. The normalized spacial score (nSPS) is 18.3. The third kappa shape index (κ3) is 6.01. The number of carbonyl (C=O) groups excluding carboxylic acids is 1. The van der Waals surface area contributed by atoms with Gasteiger partial charge >= 0.3 is 0 Å². The minimum Gasteiger partial charge on any atom is -0.490 e. The lowest BCUT2D eigenvalue weighted by Crippen LogP contribution is -2.29. The molecule has 2 aromatic carbocycles. The summed E-state index contributed by atoms with van der Waals surface area (Å²) in [7, 11) is 0. The van der Waals surface area contributed by atoms with Gasteiger partial charge in [-0.05, 0) is 92.9 Å². The number of thioether (sulfide) groups is 1. The number of terminal acetylenes is 1. The Morgan fingerprint density at radius 2 is 1.83 bits per heavy atom. The molecule has 0 unspecified atom stereocenters. The lowest BCUT2D eigenvalue weighted by Gasteiger charge is -2.28. The maximum absolute atomic E-state index is 13.1. The zero-order valence-electron chi connectivity index (χ0n) is 20.3. The van der Waals surface area contributed by atoms with Gasteiger partial charge in [-0.1, -0.05) is 12.0 Å². The smallest absolute Gasteiger partial charge is 0.266 e. The molecule has 182 valence electrons. The predicted octanol–water partition coefficient (Wildman–Crippen LogP) is 5.71. The van der Waals surface area contributed by atoms with Crippen molar-refractivity contribution in [3.05, 3.63) is 52.9 Å². The molecule has 2 aromatic rings. The highest BCUT2D eigenvalue weighted by Crippen LogP contribution is 2.36. The third-order valence-electron chi connectivity index (χ3n) is 5.88. The molecule has 6 nitrogen and oxygen atoms in total. The van der Waals surface area contributed by atoms with Gasteiger partial charge in [0.15, 0.2) is 16.7 Å². The first-order valence-corrected chi connectivity index (χ1v) is 12.9. The van der Waals surface area contributed by atoms with Crippen molar-refractivity contribution in [2.45, 2.75) is 33.1 Å². The number of aliphatic imine (C=N–C) groups is 1. The van der Waals surface area contributed by atoms with E-state index in [2.05, 4.69) is 23.0 Å². The summed E-state index contributed by atoms with van der Waals surface area (Å²) in [6, 6.07) is 13.9. The molecule has 0 radical (unpaired) electrons. The van der Waals surface area contributed by atoms with Crippen molar-refractivity contribution in [3.8, 4) is 23.8 Å². The highest BCUT2D eigenvalue weighted by Gasteiger charge is 2.32. The number of hydrogen-bond acceptors (Lipinski definition) is 6. The molecule has 0 spiro atoms. The average Bonchev–Trinajstić information content (AvgIpc) is 3.18. The van der Waals surface area contributed by atoms with Crippen LogP contribution in [0.2, 0.25) is 0 Å². The van der Waals surface area contributed by atoms with Gasteiger partial charge < -0.3 is 14.4 Å². The molecule has 2 aliphatic heterocycles. The molecule has 2 fully saturated rings. The van der Waals surface area contributed by atoms with Crippen LogP contribution in [0.1, 0.15) is 38.7 Å². The van der Waals surface area contributed by atoms with Gasteiger partial charge in [-0.15, -0.1) is 6.42 Å². The van der Waals surface area contributed by atoms with Gasteiger partial charge in [-0.25, -0.2) is 4.99 Å². The van der Waals surface area contributed by atoms with Gasteiger partial charge in [0.05, 0.1) is 17.2 Å². The minimum atomic E-state index is -0.0493. The Hall–Kier alpha value is -3.37. The summed E-state index contributed by atoms with van der Waals surface area (Å²) in [6.07, 6.45) is 11.0. The summed E-state index contributed by atoms with van der Waals surface area (Å²) in [5.41, 5.74) is 2.92. The van der Waals surface area contributed by atoms with E-state index >= 15 is 0 Å². The van der Waals surface area contributed by atoms with Crippen molar-refractivity contribution >= 4 is 40.3 Å². The Morgan fingerprint density at radius 1 is 1.06 bits per heavy atom. The summed E-state index contributed by atoms with van der Waals surface area (Å²) >= 11 is 1.39. The molecule has 1 amide bonds. The van der Waals surface area contributed by atoms with Gasteiger partial charge in [-0.3, -0.25) is 9.69 Å². The van der Waals surface area contributed by atoms with Crippen LogP contribution in [0.25, 0.3) is 6.08 Å². The molecule has 2 aliphatic rings. The van der Waals surface area contributed by atoms with Crippen LogP contribution in [0.5, 0.6) is 11.5 Å². The number of anilines is 1. The minimum absolute atomic E-state index is 0.0493. The highest BCUT2D eigenvalue weighted by molar-refractivity contribution is 8.18. The quantitative estimate of drug-likeness (QED) is 0.351. The molecule has 0 N–H and O–H groups in total. The molecular formula is C28H31N3O3S. The number of piperidine rings is 1. The molecular weight excluding hydrogens is 458 g/mol. The van der Waals surface area contributed by atoms with Gasteiger partial charge in [0.25, 0.3) is 5.91 Å². The lowest BCUT2D eigenvalue weighted by molar-refractivity contribution is -0.122. The van der Waals surface area contributed by atoms with Crippen LogP contribution < -0.4 is 14.4 Å².